The Balaban J connectivity index is 2.43. The summed E-state index contributed by atoms with van der Waals surface area (Å²) in [7, 11) is 0.717. The van der Waals surface area contributed by atoms with Crippen LogP contribution in [0, 0.1) is 0 Å². The Morgan fingerprint density at radius 1 is 1.25 bits per heavy atom. The molecule has 1 aliphatic heterocycles. The second kappa shape index (κ2) is 7.94. The molecular weight excluding hydrogens is 261 g/mol. The Labute approximate surface area is 120 Å². The molecule has 0 aliphatic carbocycles. The monoisotopic (exact) mass is 287 g/mol. The van der Waals surface area contributed by atoms with Crippen LogP contribution in [0.5, 0.6) is 0 Å². The van der Waals surface area contributed by atoms with Crippen molar-refractivity contribution in [1.82, 2.24) is 9.80 Å². The van der Waals surface area contributed by atoms with E-state index in [2.05, 4.69) is 9.80 Å². The summed E-state index contributed by atoms with van der Waals surface area (Å²) in [5.41, 5.74) is 4.79. The Bertz CT molecular complexity index is 311. The summed E-state index contributed by atoms with van der Waals surface area (Å²) < 4.78 is 0. The zero-order chi connectivity index (χ0) is 15.2. The first-order valence-corrected chi connectivity index (χ1v) is 7.13. The Kier molecular flexibility index (Phi) is 6.91. The van der Waals surface area contributed by atoms with Crippen molar-refractivity contribution in [3.8, 4) is 0 Å². The van der Waals surface area contributed by atoms with E-state index in [-0.39, 0.29) is 6.32 Å². The lowest BCUT2D eigenvalue weighted by atomic mass is 9.82. The SMILES string of the molecule is CN1CCN(CC(N)(CCCCB(O)O)C(=O)O)CC1. The molecule has 0 amide bonds. The molecule has 0 aromatic rings. The summed E-state index contributed by atoms with van der Waals surface area (Å²) in [6.45, 7) is 3.85. The van der Waals surface area contributed by atoms with Gasteiger partial charge in [0.05, 0.1) is 0 Å². The molecule has 0 radical (unpaired) electrons. The average molecular weight is 287 g/mol. The third-order valence-electron chi connectivity index (χ3n) is 3.86. The second-order valence-electron chi connectivity index (χ2n) is 5.77. The lowest BCUT2D eigenvalue weighted by Crippen LogP contribution is -2.59. The van der Waals surface area contributed by atoms with Gasteiger partial charge in [-0.05, 0) is 19.8 Å². The van der Waals surface area contributed by atoms with Crippen molar-refractivity contribution in [2.45, 2.75) is 31.1 Å². The lowest BCUT2D eigenvalue weighted by Gasteiger charge is -2.37. The molecule has 1 rings (SSSR count). The van der Waals surface area contributed by atoms with Crippen LogP contribution in [0.25, 0.3) is 0 Å². The van der Waals surface area contributed by atoms with Crippen molar-refractivity contribution in [2.24, 2.45) is 5.73 Å². The fourth-order valence-electron chi connectivity index (χ4n) is 2.43. The van der Waals surface area contributed by atoms with Crippen LogP contribution in [0.4, 0.5) is 0 Å². The first-order valence-electron chi connectivity index (χ1n) is 7.13. The zero-order valence-corrected chi connectivity index (χ0v) is 12.2. The number of aliphatic carboxylic acids is 1. The molecule has 8 heteroatoms. The minimum atomic E-state index is -1.33. The average Bonchev–Trinajstić information content (AvgIpc) is 2.37. The van der Waals surface area contributed by atoms with Crippen LogP contribution >= 0.6 is 0 Å². The van der Waals surface area contributed by atoms with E-state index in [0.717, 1.165) is 26.2 Å². The number of likely N-dealkylation sites (N-methyl/N-ethyl adjacent to an activating group) is 1. The number of carboxylic acids is 1. The van der Waals surface area contributed by atoms with Gasteiger partial charge in [-0.1, -0.05) is 12.8 Å². The summed E-state index contributed by atoms with van der Waals surface area (Å²) >= 11 is 0. The van der Waals surface area contributed by atoms with Crippen molar-refractivity contribution in [3.05, 3.63) is 0 Å². The standard InChI is InChI=1S/C12H26BN3O4/c1-15-6-8-16(9-7-15)10-12(14,11(17)18)4-2-3-5-13(19)20/h19-20H,2-10,14H2,1H3,(H,17,18). The van der Waals surface area contributed by atoms with E-state index >= 15 is 0 Å². The van der Waals surface area contributed by atoms with Crippen molar-refractivity contribution in [2.75, 3.05) is 39.8 Å². The minimum absolute atomic E-state index is 0.254. The fourth-order valence-corrected chi connectivity index (χ4v) is 2.43. The molecule has 0 aromatic carbocycles. The third-order valence-corrected chi connectivity index (χ3v) is 3.86. The van der Waals surface area contributed by atoms with Gasteiger partial charge in [-0.3, -0.25) is 9.69 Å². The molecule has 116 valence electrons. The highest BCUT2D eigenvalue weighted by atomic mass is 16.4. The van der Waals surface area contributed by atoms with Gasteiger partial charge in [-0.2, -0.15) is 0 Å². The molecule has 20 heavy (non-hydrogen) atoms. The first kappa shape index (κ1) is 17.4. The largest absolute Gasteiger partial charge is 0.480 e. The maximum atomic E-state index is 11.4. The van der Waals surface area contributed by atoms with Crippen LogP contribution < -0.4 is 5.73 Å². The van der Waals surface area contributed by atoms with Gasteiger partial charge < -0.3 is 25.8 Å². The maximum Gasteiger partial charge on any atom is 0.451 e. The highest BCUT2D eigenvalue weighted by molar-refractivity contribution is 6.40. The van der Waals surface area contributed by atoms with Gasteiger partial charge in [0.1, 0.15) is 5.54 Å². The molecule has 5 N–H and O–H groups in total. The molecule has 0 spiro atoms. The molecular formula is C12H26BN3O4. The quantitative estimate of drug-likeness (QED) is 0.323. The predicted molar refractivity (Wildman–Crippen MR) is 77.3 cm³/mol. The number of unbranched alkanes of at least 4 members (excludes halogenated alkanes) is 1. The van der Waals surface area contributed by atoms with Crippen molar-refractivity contribution in [1.29, 1.82) is 0 Å². The molecule has 1 aliphatic rings. The Hall–Kier alpha value is -0.665. The first-order chi connectivity index (χ1) is 9.33. The van der Waals surface area contributed by atoms with Gasteiger partial charge in [0.25, 0.3) is 0 Å². The molecule has 0 saturated carbocycles. The van der Waals surface area contributed by atoms with Gasteiger partial charge >= 0.3 is 13.1 Å². The van der Waals surface area contributed by atoms with E-state index in [1.165, 1.54) is 0 Å². The Morgan fingerprint density at radius 3 is 2.35 bits per heavy atom. The topological polar surface area (TPSA) is 110 Å². The minimum Gasteiger partial charge on any atom is -0.480 e. The molecule has 1 saturated heterocycles. The normalized spacial score (nSPS) is 20.6. The van der Waals surface area contributed by atoms with Gasteiger partial charge in [-0.25, -0.2) is 0 Å². The van der Waals surface area contributed by atoms with Crippen molar-refractivity contribution >= 4 is 13.1 Å². The number of carbonyl (C=O) groups is 1. The summed E-state index contributed by atoms with van der Waals surface area (Å²) in [6, 6.07) is 0. The highest BCUT2D eigenvalue weighted by Crippen LogP contribution is 2.16. The fraction of sp³-hybridized carbons (Fsp3) is 0.917. The molecule has 1 atom stereocenters. The molecule has 1 heterocycles. The van der Waals surface area contributed by atoms with Crippen LogP contribution in [-0.4, -0.2) is 83.4 Å². The summed E-state index contributed by atoms with van der Waals surface area (Å²) in [5.74, 6) is -0.985. The van der Waals surface area contributed by atoms with Gasteiger partial charge in [0, 0.05) is 32.7 Å². The number of piperazine rings is 1. The van der Waals surface area contributed by atoms with Gasteiger partial charge in [0.15, 0.2) is 0 Å². The predicted octanol–water partition coefficient (Wildman–Crippen LogP) is -1.34. The zero-order valence-electron chi connectivity index (χ0n) is 12.2. The second-order valence-corrected chi connectivity index (χ2v) is 5.77. The lowest BCUT2D eigenvalue weighted by molar-refractivity contribution is -0.144. The van der Waals surface area contributed by atoms with Gasteiger partial charge in [-0.15, -0.1) is 0 Å². The third kappa shape index (κ3) is 5.76. The van der Waals surface area contributed by atoms with Crippen molar-refractivity contribution < 1.29 is 19.9 Å². The van der Waals surface area contributed by atoms with E-state index in [4.69, 9.17) is 15.8 Å². The number of hydrogen-bond acceptors (Lipinski definition) is 6. The van der Waals surface area contributed by atoms with Crippen molar-refractivity contribution in [3.63, 3.8) is 0 Å². The number of nitrogens with two attached hydrogens (primary N) is 1. The van der Waals surface area contributed by atoms with Crippen LogP contribution in [0.1, 0.15) is 19.3 Å². The van der Waals surface area contributed by atoms with Crippen LogP contribution in [0.3, 0.4) is 0 Å². The smallest absolute Gasteiger partial charge is 0.451 e. The summed E-state index contributed by atoms with van der Waals surface area (Å²) in [4.78, 5) is 15.7. The molecule has 1 fully saturated rings. The summed E-state index contributed by atoms with van der Waals surface area (Å²) in [5, 5.41) is 26.9. The highest BCUT2D eigenvalue weighted by Gasteiger charge is 2.36. The Morgan fingerprint density at radius 2 is 1.85 bits per heavy atom. The van der Waals surface area contributed by atoms with E-state index in [1.807, 2.05) is 7.05 Å². The number of hydrogen-bond donors (Lipinski definition) is 4. The summed E-state index contributed by atoms with van der Waals surface area (Å²) in [6.07, 6.45) is 1.74. The number of carboxylic acid groups (broad SMARTS) is 1. The van der Waals surface area contributed by atoms with E-state index in [0.29, 0.717) is 25.8 Å². The van der Waals surface area contributed by atoms with Gasteiger partial charge in [0.2, 0.25) is 0 Å². The van der Waals surface area contributed by atoms with E-state index < -0.39 is 18.6 Å². The van der Waals surface area contributed by atoms with Crippen LogP contribution in [-0.2, 0) is 4.79 Å². The molecule has 0 bridgehead atoms. The molecule has 7 nitrogen and oxygen atoms in total. The molecule has 1 unspecified atom stereocenters. The molecule has 0 aromatic heterocycles. The van der Waals surface area contributed by atoms with Crippen LogP contribution in [0.15, 0.2) is 0 Å². The number of rotatable bonds is 8. The van der Waals surface area contributed by atoms with E-state index in [9.17, 15) is 9.90 Å². The number of nitrogens with zero attached hydrogens (tertiary/aromatic N) is 2. The maximum absolute atomic E-state index is 11.4. The van der Waals surface area contributed by atoms with Crippen LogP contribution in [0.2, 0.25) is 6.32 Å². The van der Waals surface area contributed by atoms with E-state index in [1.54, 1.807) is 0 Å².